The van der Waals surface area contributed by atoms with Gasteiger partial charge in [-0.3, -0.25) is 10.1 Å². The van der Waals surface area contributed by atoms with Gasteiger partial charge in [0, 0.05) is 30.1 Å². The number of H-pyrrole nitrogens is 1. The SMILES string of the molecule is C1=CC(c2ccccc2)(c2ccncn2)Cc2[nH]nc(-c3ccccn3)c21. The molecule has 1 atom stereocenters. The minimum atomic E-state index is -0.356. The first-order chi connectivity index (χ1) is 13.4. The van der Waals surface area contributed by atoms with Crippen molar-refractivity contribution < 1.29 is 0 Å². The Bertz CT molecular complexity index is 1050. The molecule has 4 aromatic rings. The molecule has 1 unspecified atom stereocenters. The van der Waals surface area contributed by atoms with Crippen molar-refractivity contribution in [3.63, 3.8) is 0 Å². The van der Waals surface area contributed by atoms with E-state index in [0.29, 0.717) is 0 Å². The van der Waals surface area contributed by atoms with Gasteiger partial charge < -0.3 is 0 Å². The normalized spacial score (nSPS) is 18.2. The number of rotatable bonds is 3. The average molecular weight is 351 g/mol. The Morgan fingerprint density at radius 3 is 2.56 bits per heavy atom. The van der Waals surface area contributed by atoms with Gasteiger partial charge in [-0.1, -0.05) is 48.6 Å². The second-order valence-electron chi connectivity index (χ2n) is 6.62. The summed E-state index contributed by atoms with van der Waals surface area (Å²) in [7, 11) is 0. The lowest BCUT2D eigenvalue weighted by atomic mass is 9.70. The molecule has 0 amide bonds. The van der Waals surface area contributed by atoms with E-state index in [4.69, 9.17) is 0 Å². The predicted octanol–water partition coefficient (Wildman–Crippen LogP) is 3.82. The molecule has 1 aliphatic rings. The molecular formula is C22H17N5. The molecule has 5 rings (SSSR count). The largest absolute Gasteiger partial charge is 0.281 e. The number of hydrogen-bond acceptors (Lipinski definition) is 4. The zero-order valence-corrected chi connectivity index (χ0v) is 14.6. The summed E-state index contributed by atoms with van der Waals surface area (Å²) in [6, 6.07) is 18.3. The fourth-order valence-corrected chi connectivity index (χ4v) is 3.77. The third kappa shape index (κ3) is 2.56. The Hall–Kier alpha value is -3.60. The molecule has 5 nitrogen and oxygen atoms in total. The van der Waals surface area contributed by atoms with Crippen LogP contribution >= 0.6 is 0 Å². The Balaban J connectivity index is 1.66. The van der Waals surface area contributed by atoms with Gasteiger partial charge in [-0.15, -0.1) is 0 Å². The molecule has 1 aliphatic carbocycles. The number of aromatic nitrogens is 5. The third-order valence-electron chi connectivity index (χ3n) is 5.11. The number of aromatic amines is 1. The van der Waals surface area contributed by atoms with Crippen LogP contribution in [-0.2, 0) is 11.8 Å². The molecule has 3 aromatic heterocycles. The first-order valence-electron chi connectivity index (χ1n) is 8.87. The molecule has 0 saturated carbocycles. The molecule has 0 bridgehead atoms. The highest BCUT2D eigenvalue weighted by atomic mass is 15.1. The maximum absolute atomic E-state index is 4.58. The summed E-state index contributed by atoms with van der Waals surface area (Å²) in [5, 5.41) is 7.78. The van der Waals surface area contributed by atoms with Gasteiger partial charge >= 0.3 is 0 Å². The molecule has 0 radical (unpaired) electrons. The Morgan fingerprint density at radius 2 is 1.78 bits per heavy atom. The number of pyridine rings is 1. The molecule has 27 heavy (non-hydrogen) atoms. The van der Waals surface area contributed by atoms with Crippen LogP contribution in [0.3, 0.4) is 0 Å². The number of allylic oxidation sites excluding steroid dienone is 1. The summed E-state index contributed by atoms with van der Waals surface area (Å²) in [4.78, 5) is 13.1. The highest BCUT2D eigenvalue weighted by molar-refractivity contribution is 5.74. The first kappa shape index (κ1) is 15.6. The van der Waals surface area contributed by atoms with Gasteiger partial charge in [0.25, 0.3) is 0 Å². The van der Waals surface area contributed by atoms with E-state index in [1.165, 1.54) is 5.56 Å². The minimum absolute atomic E-state index is 0.356. The second kappa shape index (κ2) is 6.29. The molecule has 3 heterocycles. The predicted molar refractivity (Wildman–Crippen MR) is 104 cm³/mol. The molecule has 130 valence electrons. The summed E-state index contributed by atoms with van der Waals surface area (Å²) < 4.78 is 0. The van der Waals surface area contributed by atoms with Crippen LogP contribution in [0.1, 0.15) is 22.5 Å². The summed E-state index contributed by atoms with van der Waals surface area (Å²) in [5.41, 5.74) is 5.74. The van der Waals surface area contributed by atoms with Crippen molar-refractivity contribution in [1.82, 2.24) is 25.1 Å². The van der Waals surface area contributed by atoms with Gasteiger partial charge in [-0.05, 0) is 23.8 Å². The monoisotopic (exact) mass is 351 g/mol. The lowest BCUT2D eigenvalue weighted by Crippen LogP contribution is -2.31. The smallest absolute Gasteiger partial charge is 0.118 e. The van der Waals surface area contributed by atoms with E-state index < -0.39 is 0 Å². The van der Waals surface area contributed by atoms with Crippen molar-refractivity contribution in [2.45, 2.75) is 11.8 Å². The van der Waals surface area contributed by atoms with E-state index in [2.05, 4.69) is 61.6 Å². The standard InChI is InChI=1S/C22H17N5/c1-2-6-16(7-3-1)22(20-10-13-23-15-25-20)11-9-17-19(14-22)26-27-21(17)18-8-4-5-12-24-18/h1-13,15H,14H2,(H,26,27). The number of nitrogens with one attached hydrogen (secondary N) is 1. The maximum atomic E-state index is 4.58. The van der Waals surface area contributed by atoms with E-state index in [-0.39, 0.29) is 5.41 Å². The Morgan fingerprint density at radius 1 is 0.889 bits per heavy atom. The topological polar surface area (TPSA) is 67.3 Å². The van der Waals surface area contributed by atoms with Crippen LogP contribution < -0.4 is 0 Å². The van der Waals surface area contributed by atoms with Crippen LogP contribution in [0.25, 0.3) is 17.5 Å². The van der Waals surface area contributed by atoms with Gasteiger partial charge in [0.1, 0.15) is 12.0 Å². The van der Waals surface area contributed by atoms with Gasteiger partial charge in [0.2, 0.25) is 0 Å². The van der Waals surface area contributed by atoms with Crippen molar-refractivity contribution in [3.05, 3.63) is 102 Å². The minimum Gasteiger partial charge on any atom is -0.281 e. The van der Waals surface area contributed by atoms with Gasteiger partial charge in [-0.2, -0.15) is 5.10 Å². The van der Waals surface area contributed by atoms with Crippen LogP contribution in [0.4, 0.5) is 0 Å². The van der Waals surface area contributed by atoms with E-state index in [9.17, 15) is 0 Å². The van der Waals surface area contributed by atoms with Crippen molar-refractivity contribution >= 4 is 6.08 Å². The Kier molecular flexibility index (Phi) is 3.64. The zero-order chi connectivity index (χ0) is 18.1. The van der Waals surface area contributed by atoms with E-state index in [1.54, 1.807) is 18.7 Å². The summed E-state index contributed by atoms with van der Waals surface area (Å²) in [5.74, 6) is 0. The first-order valence-corrected chi connectivity index (χ1v) is 8.87. The fourth-order valence-electron chi connectivity index (χ4n) is 3.77. The Labute approximate surface area is 156 Å². The quantitative estimate of drug-likeness (QED) is 0.609. The van der Waals surface area contributed by atoms with Crippen LogP contribution in [0.2, 0.25) is 0 Å². The van der Waals surface area contributed by atoms with Crippen LogP contribution in [-0.4, -0.2) is 25.1 Å². The van der Waals surface area contributed by atoms with Crippen LogP contribution in [0.5, 0.6) is 0 Å². The van der Waals surface area contributed by atoms with Gasteiger partial charge in [0.05, 0.1) is 16.8 Å². The summed E-state index contributed by atoms with van der Waals surface area (Å²) in [6.07, 6.45) is 10.3. The summed E-state index contributed by atoms with van der Waals surface area (Å²) in [6.45, 7) is 0. The number of nitrogens with zero attached hydrogens (tertiary/aromatic N) is 4. The molecule has 1 aromatic carbocycles. The lowest BCUT2D eigenvalue weighted by Gasteiger charge is -2.33. The lowest BCUT2D eigenvalue weighted by molar-refractivity contribution is 0.598. The molecule has 1 N–H and O–H groups in total. The molecule has 5 heteroatoms. The molecule has 0 aliphatic heterocycles. The number of hydrogen-bond donors (Lipinski definition) is 1. The maximum Gasteiger partial charge on any atom is 0.118 e. The van der Waals surface area contributed by atoms with Crippen LogP contribution in [0.15, 0.2) is 79.4 Å². The number of fused-ring (bicyclic) bond motifs is 1. The van der Waals surface area contributed by atoms with E-state index in [1.807, 2.05) is 30.3 Å². The van der Waals surface area contributed by atoms with Crippen LogP contribution in [0, 0.1) is 0 Å². The fraction of sp³-hybridized carbons (Fsp3) is 0.0909. The van der Waals surface area contributed by atoms with E-state index >= 15 is 0 Å². The van der Waals surface area contributed by atoms with Crippen molar-refractivity contribution in [2.75, 3.05) is 0 Å². The van der Waals surface area contributed by atoms with Crippen molar-refractivity contribution in [3.8, 4) is 11.4 Å². The molecule has 0 spiro atoms. The highest BCUT2D eigenvalue weighted by Gasteiger charge is 2.37. The molecular weight excluding hydrogens is 334 g/mol. The third-order valence-corrected chi connectivity index (χ3v) is 5.11. The van der Waals surface area contributed by atoms with Gasteiger partial charge in [-0.25, -0.2) is 9.97 Å². The number of benzene rings is 1. The van der Waals surface area contributed by atoms with Crippen molar-refractivity contribution in [2.24, 2.45) is 0 Å². The average Bonchev–Trinajstić information content (AvgIpc) is 3.18. The van der Waals surface area contributed by atoms with E-state index in [0.717, 1.165) is 34.8 Å². The van der Waals surface area contributed by atoms with Gasteiger partial charge in [0.15, 0.2) is 0 Å². The second-order valence-corrected chi connectivity index (χ2v) is 6.62. The highest BCUT2D eigenvalue weighted by Crippen LogP contribution is 2.41. The molecule has 0 saturated heterocycles. The summed E-state index contributed by atoms with van der Waals surface area (Å²) >= 11 is 0. The molecule has 0 fully saturated rings. The van der Waals surface area contributed by atoms with Crippen molar-refractivity contribution in [1.29, 1.82) is 0 Å². The zero-order valence-electron chi connectivity index (χ0n) is 14.6.